The Labute approximate surface area is 139 Å². The molecule has 22 heavy (non-hydrogen) atoms. The van der Waals surface area contributed by atoms with Crippen LogP contribution < -0.4 is 0 Å². The summed E-state index contributed by atoms with van der Waals surface area (Å²) in [6.45, 7) is 0. The second-order valence-electron chi connectivity index (χ2n) is 9.28. The molecule has 0 spiro atoms. The molecule has 0 bridgehead atoms. The van der Waals surface area contributed by atoms with E-state index in [-0.39, 0.29) is 0 Å². The molecule has 4 aliphatic rings. The van der Waals surface area contributed by atoms with Crippen LogP contribution >= 0.6 is 0 Å². The van der Waals surface area contributed by atoms with Crippen LogP contribution in [0, 0.1) is 0 Å². The van der Waals surface area contributed by atoms with E-state index in [1.807, 2.05) is 0 Å². The molecule has 0 aliphatic heterocycles. The molecule has 0 radical (unpaired) electrons. The summed E-state index contributed by atoms with van der Waals surface area (Å²) in [5.41, 5.74) is 5.06. The van der Waals surface area contributed by atoms with Gasteiger partial charge in [0, 0.05) is 0 Å². The molecular weight excluding hydrogens is 280 g/mol. The third kappa shape index (κ3) is 2.64. The monoisotopic (exact) mass is 318 g/mol. The minimum atomic E-state index is -1.10. The molecule has 0 unspecified atom stereocenters. The summed E-state index contributed by atoms with van der Waals surface area (Å²) >= 11 is 0. The van der Waals surface area contributed by atoms with Crippen molar-refractivity contribution in [1.82, 2.24) is 0 Å². The summed E-state index contributed by atoms with van der Waals surface area (Å²) in [4.78, 5) is 0. The van der Waals surface area contributed by atoms with E-state index in [1.54, 1.807) is 109 Å². The number of rotatable bonds is 4. The average Bonchev–Trinajstić information content (AvgIpc) is 3.34. The van der Waals surface area contributed by atoms with Crippen LogP contribution in [0.2, 0.25) is 22.2 Å². The van der Waals surface area contributed by atoms with Crippen molar-refractivity contribution in [3.05, 3.63) is 0 Å². The van der Waals surface area contributed by atoms with Crippen LogP contribution in [0.4, 0.5) is 0 Å². The quantitative estimate of drug-likeness (QED) is 0.468. The van der Waals surface area contributed by atoms with Crippen LogP contribution in [0.3, 0.4) is 0 Å². The number of hydrogen-bond donors (Lipinski definition) is 0. The van der Waals surface area contributed by atoms with Crippen molar-refractivity contribution in [2.75, 3.05) is 0 Å². The van der Waals surface area contributed by atoms with E-state index in [2.05, 4.69) is 0 Å². The molecule has 0 aromatic heterocycles. The summed E-state index contributed by atoms with van der Waals surface area (Å²) in [6.07, 6.45) is 27.6. The van der Waals surface area contributed by atoms with E-state index in [9.17, 15) is 0 Å². The van der Waals surface area contributed by atoms with Crippen molar-refractivity contribution in [2.24, 2.45) is 0 Å². The van der Waals surface area contributed by atoms with Gasteiger partial charge in [-0.3, -0.25) is 0 Å². The lowest BCUT2D eigenvalue weighted by molar-refractivity contribution is 0.464. The van der Waals surface area contributed by atoms with Crippen LogP contribution in [0.5, 0.6) is 0 Å². The molecule has 4 rings (SSSR count). The minimum Gasteiger partial charge on any atom is -0.0533 e. The van der Waals surface area contributed by atoms with Gasteiger partial charge in [-0.25, -0.2) is 0 Å². The average molecular weight is 319 g/mol. The van der Waals surface area contributed by atoms with Gasteiger partial charge in [-0.2, -0.15) is 0 Å². The van der Waals surface area contributed by atoms with Crippen molar-refractivity contribution in [3.8, 4) is 0 Å². The van der Waals surface area contributed by atoms with Crippen molar-refractivity contribution in [1.29, 1.82) is 0 Å². The van der Waals surface area contributed by atoms with E-state index in [0.717, 1.165) is 0 Å². The van der Waals surface area contributed by atoms with Gasteiger partial charge < -0.3 is 0 Å². The summed E-state index contributed by atoms with van der Waals surface area (Å²) in [6, 6.07) is 0. The van der Waals surface area contributed by atoms with E-state index >= 15 is 0 Å². The summed E-state index contributed by atoms with van der Waals surface area (Å²) in [5.74, 6) is 0. The lowest BCUT2D eigenvalue weighted by Gasteiger charge is -2.53. The Balaban J connectivity index is 1.71. The van der Waals surface area contributed by atoms with Gasteiger partial charge in [0.2, 0.25) is 0 Å². The highest BCUT2D eigenvalue weighted by Gasteiger charge is 2.57. The Bertz CT molecular complexity index is 298. The molecule has 0 amide bonds. The highest BCUT2D eigenvalue weighted by molar-refractivity contribution is 6.85. The zero-order chi connectivity index (χ0) is 14.8. The van der Waals surface area contributed by atoms with Crippen LogP contribution in [-0.2, 0) is 0 Å². The van der Waals surface area contributed by atoms with E-state index < -0.39 is 8.07 Å². The number of hydrogen-bond acceptors (Lipinski definition) is 0. The van der Waals surface area contributed by atoms with Crippen LogP contribution in [0.25, 0.3) is 0 Å². The predicted molar refractivity (Wildman–Crippen MR) is 99.2 cm³/mol. The zero-order valence-corrected chi connectivity index (χ0v) is 15.8. The molecule has 0 saturated heterocycles. The third-order valence-corrected chi connectivity index (χ3v) is 16.5. The van der Waals surface area contributed by atoms with E-state index in [4.69, 9.17) is 0 Å². The van der Waals surface area contributed by atoms with Crippen molar-refractivity contribution in [2.45, 2.75) is 131 Å². The molecule has 126 valence electrons. The fourth-order valence-electron chi connectivity index (χ4n) is 7.88. The van der Waals surface area contributed by atoms with Gasteiger partial charge in [0.1, 0.15) is 0 Å². The third-order valence-electron chi connectivity index (χ3n) is 8.50. The molecule has 0 aromatic rings. The molecule has 1 heteroatoms. The Morgan fingerprint density at radius 1 is 0.318 bits per heavy atom. The predicted octanol–water partition coefficient (Wildman–Crippen LogP) is 7.60. The molecule has 0 atom stereocenters. The highest BCUT2D eigenvalue weighted by Crippen LogP contribution is 2.65. The molecule has 0 N–H and O–H groups in total. The van der Waals surface area contributed by atoms with Crippen LogP contribution in [0.15, 0.2) is 0 Å². The molecule has 4 aliphatic carbocycles. The fraction of sp³-hybridized carbons (Fsp3) is 1.00. The first-order valence-corrected chi connectivity index (χ1v) is 13.2. The largest absolute Gasteiger partial charge is 0.0660 e. The first-order chi connectivity index (χ1) is 10.9. The van der Waals surface area contributed by atoms with Gasteiger partial charge in [0.05, 0.1) is 8.07 Å². The fourth-order valence-corrected chi connectivity index (χ4v) is 17.5. The molecule has 0 aromatic carbocycles. The summed E-state index contributed by atoms with van der Waals surface area (Å²) in [7, 11) is -1.10. The van der Waals surface area contributed by atoms with Gasteiger partial charge in [-0.15, -0.1) is 0 Å². The maximum Gasteiger partial charge on any atom is 0.0660 e. The topological polar surface area (TPSA) is 0 Å². The summed E-state index contributed by atoms with van der Waals surface area (Å²) < 4.78 is 0. The Hall–Kier alpha value is 0.217. The summed E-state index contributed by atoms with van der Waals surface area (Å²) in [5, 5.41) is 0. The van der Waals surface area contributed by atoms with Crippen molar-refractivity contribution < 1.29 is 0 Å². The Morgan fingerprint density at radius 3 is 0.818 bits per heavy atom. The van der Waals surface area contributed by atoms with Gasteiger partial charge in [-0.1, -0.05) is 109 Å². The maximum absolute atomic E-state index is 1.66. The second-order valence-corrected chi connectivity index (χ2v) is 14.5. The first-order valence-electron chi connectivity index (χ1n) is 10.9. The van der Waals surface area contributed by atoms with E-state index in [0.29, 0.717) is 0 Å². The van der Waals surface area contributed by atoms with E-state index in [1.165, 1.54) is 22.2 Å². The maximum atomic E-state index is 1.66. The van der Waals surface area contributed by atoms with Gasteiger partial charge in [-0.05, 0) is 22.2 Å². The van der Waals surface area contributed by atoms with Gasteiger partial charge in [0.25, 0.3) is 0 Å². The molecule has 4 saturated carbocycles. The Morgan fingerprint density at radius 2 is 0.545 bits per heavy atom. The lowest BCUT2D eigenvalue weighted by atomic mass is 10.0. The van der Waals surface area contributed by atoms with Crippen LogP contribution in [-0.4, -0.2) is 8.07 Å². The molecule has 0 heterocycles. The Kier molecular flexibility index (Phi) is 5.00. The van der Waals surface area contributed by atoms with Crippen molar-refractivity contribution in [3.63, 3.8) is 0 Å². The standard InChI is InChI=1S/C21H38Si/c1-2-10-18(11-3-1)22(19-12-4-5-13-19,20-14-6-7-15-20)21-16-8-9-17-21/h18-21H,1-17H2. The minimum absolute atomic E-state index is 1.10. The normalized spacial score (nSPS) is 30.5. The van der Waals surface area contributed by atoms with Crippen molar-refractivity contribution >= 4 is 8.07 Å². The smallest absolute Gasteiger partial charge is 0.0533 e. The molecule has 0 nitrogen and oxygen atoms in total. The highest BCUT2D eigenvalue weighted by atomic mass is 28.3. The van der Waals surface area contributed by atoms with Crippen LogP contribution in [0.1, 0.15) is 109 Å². The lowest BCUT2D eigenvalue weighted by Crippen LogP contribution is -2.52. The SMILES string of the molecule is C1CCC([Si](C2CCCC2)(C2CCCC2)C2CCCC2)CC1. The molecular formula is C21H38Si. The zero-order valence-electron chi connectivity index (χ0n) is 14.8. The second kappa shape index (κ2) is 6.99. The molecule has 4 fully saturated rings. The van der Waals surface area contributed by atoms with Gasteiger partial charge >= 0.3 is 0 Å². The van der Waals surface area contributed by atoms with Gasteiger partial charge in [0.15, 0.2) is 0 Å². The first kappa shape index (κ1) is 15.7.